The summed E-state index contributed by atoms with van der Waals surface area (Å²) in [7, 11) is 0. The maximum Gasteiger partial charge on any atom is 0.351 e. The van der Waals surface area contributed by atoms with Gasteiger partial charge in [-0.1, -0.05) is 5.11 Å². The highest BCUT2D eigenvalue weighted by molar-refractivity contribution is 5.31. The van der Waals surface area contributed by atoms with Gasteiger partial charge in [0.25, 0.3) is 0 Å². The van der Waals surface area contributed by atoms with Gasteiger partial charge in [0.05, 0.1) is 13.2 Å². The van der Waals surface area contributed by atoms with Gasteiger partial charge in [0.1, 0.15) is 11.9 Å². The minimum Gasteiger partial charge on any atom is -0.395 e. The first-order chi connectivity index (χ1) is 11.0. The Morgan fingerprint density at radius 1 is 1.61 bits per heavy atom. The Hall–Kier alpha value is -2.24. The van der Waals surface area contributed by atoms with Crippen LogP contribution in [0, 0.1) is 0 Å². The minimum absolute atomic E-state index is 0.165. The molecular weight excluding hydrogens is 315 g/mol. The number of aliphatic hydroxyl groups is 3. The van der Waals surface area contributed by atoms with Crippen molar-refractivity contribution >= 4 is 5.82 Å². The molecule has 1 aromatic heterocycles. The summed E-state index contributed by atoms with van der Waals surface area (Å²) in [6.07, 6.45) is -4.52. The van der Waals surface area contributed by atoms with Crippen molar-refractivity contribution < 1.29 is 24.4 Å². The summed E-state index contributed by atoms with van der Waals surface area (Å²) in [4.78, 5) is 18.0. The van der Waals surface area contributed by atoms with E-state index in [0.717, 1.165) is 4.57 Å². The van der Waals surface area contributed by atoms with Crippen LogP contribution in [0.1, 0.15) is 6.23 Å². The Kier molecular flexibility index (Phi) is 5.13. The standard InChI is InChI=1S/C11H15FN6O5/c12-7-8(21)11(5-20,16-17-13)23-9(7)18-3-1-6(14-2-4-19)15-10(18)22/h1,3,7-9,19-21H,2,4-5H2,(H,14,15,22)/t7-,8?,9+,11+/m0/s1. The second kappa shape index (κ2) is 6.89. The molecule has 0 spiro atoms. The van der Waals surface area contributed by atoms with Gasteiger partial charge in [-0.15, -0.1) is 0 Å². The number of anilines is 1. The van der Waals surface area contributed by atoms with Crippen molar-refractivity contribution in [2.75, 3.05) is 25.1 Å². The first kappa shape index (κ1) is 17.1. The first-order valence-corrected chi connectivity index (χ1v) is 6.60. The van der Waals surface area contributed by atoms with Gasteiger partial charge < -0.3 is 25.4 Å². The van der Waals surface area contributed by atoms with Crippen LogP contribution in [0.5, 0.6) is 0 Å². The summed E-state index contributed by atoms with van der Waals surface area (Å²) in [5, 5.41) is 33.5. The monoisotopic (exact) mass is 330 g/mol. The molecule has 11 nitrogen and oxygen atoms in total. The second-order valence-electron chi connectivity index (χ2n) is 4.74. The zero-order valence-electron chi connectivity index (χ0n) is 11.8. The minimum atomic E-state index is -2.22. The first-order valence-electron chi connectivity index (χ1n) is 6.60. The van der Waals surface area contributed by atoms with Gasteiger partial charge in [0, 0.05) is 17.7 Å². The SMILES string of the molecule is [N-]=[N+]=N[C@]1(CO)O[C@@H](n2ccc(NCCO)nc2=O)[C@@H](F)C1O. The molecule has 2 rings (SSSR count). The number of nitrogens with one attached hydrogen (secondary N) is 1. The molecule has 1 aliphatic heterocycles. The maximum absolute atomic E-state index is 14.3. The number of azide groups is 1. The number of hydrogen-bond acceptors (Lipinski definition) is 8. The normalized spacial score (nSPS) is 30.0. The fourth-order valence-corrected chi connectivity index (χ4v) is 2.17. The Bertz CT molecular complexity index is 665. The van der Waals surface area contributed by atoms with Crippen LogP contribution < -0.4 is 11.0 Å². The molecule has 2 heterocycles. The molecular formula is C11H15FN6O5. The van der Waals surface area contributed by atoms with Gasteiger partial charge in [0.2, 0.25) is 5.72 Å². The summed E-state index contributed by atoms with van der Waals surface area (Å²) in [6.45, 7) is -0.959. The van der Waals surface area contributed by atoms with Crippen LogP contribution in [-0.4, -0.2) is 62.6 Å². The average Bonchev–Trinajstić information content (AvgIpc) is 2.79. The van der Waals surface area contributed by atoms with Crippen molar-refractivity contribution in [2.45, 2.75) is 24.2 Å². The van der Waals surface area contributed by atoms with Crippen LogP contribution >= 0.6 is 0 Å². The number of hydrogen-bond donors (Lipinski definition) is 4. The third-order valence-corrected chi connectivity index (χ3v) is 3.32. The summed E-state index contributed by atoms with van der Waals surface area (Å²) in [5.41, 5.74) is 5.38. The molecule has 1 aromatic rings. The van der Waals surface area contributed by atoms with E-state index in [0.29, 0.717) is 0 Å². The van der Waals surface area contributed by atoms with E-state index in [1.165, 1.54) is 12.3 Å². The molecule has 4 N–H and O–H groups in total. The van der Waals surface area contributed by atoms with Gasteiger partial charge in [0.15, 0.2) is 12.4 Å². The molecule has 12 heteroatoms. The third kappa shape index (κ3) is 3.11. The van der Waals surface area contributed by atoms with Crippen LogP contribution in [-0.2, 0) is 4.74 Å². The highest BCUT2D eigenvalue weighted by Crippen LogP contribution is 2.39. The van der Waals surface area contributed by atoms with Gasteiger partial charge >= 0.3 is 5.69 Å². The van der Waals surface area contributed by atoms with E-state index < -0.39 is 36.5 Å². The highest BCUT2D eigenvalue weighted by atomic mass is 19.1. The van der Waals surface area contributed by atoms with Gasteiger partial charge in [-0.25, -0.2) is 9.18 Å². The lowest BCUT2D eigenvalue weighted by Crippen LogP contribution is -2.43. The molecule has 126 valence electrons. The molecule has 1 fully saturated rings. The topological polar surface area (TPSA) is 166 Å². The number of ether oxygens (including phenoxy) is 1. The summed E-state index contributed by atoms with van der Waals surface area (Å²) in [5.74, 6) is 0.165. The van der Waals surface area contributed by atoms with E-state index in [4.69, 9.17) is 15.4 Å². The summed E-state index contributed by atoms with van der Waals surface area (Å²) >= 11 is 0. The van der Waals surface area contributed by atoms with Crippen LogP contribution in [0.15, 0.2) is 22.2 Å². The number of aliphatic hydroxyl groups excluding tert-OH is 3. The molecule has 0 amide bonds. The molecule has 23 heavy (non-hydrogen) atoms. The summed E-state index contributed by atoms with van der Waals surface area (Å²) < 4.78 is 20.1. The molecule has 1 aliphatic rings. The lowest BCUT2D eigenvalue weighted by atomic mass is 10.1. The molecule has 1 saturated heterocycles. The molecule has 4 atom stereocenters. The zero-order chi connectivity index (χ0) is 17.0. The van der Waals surface area contributed by atoms with Crippen molar-refractivity contribution in [1.29, 1.82) is 0 Å². The van der Waals surface area contributed by atoms with E-state index in [-0.39, 0.29) is 19.0 Å². The largest absolute Gasteiger partial charge is 0.395 e. The van der Waals surface area contributed by atoms with Crippen molar-refractivity contribution in [3.63, 3.8) is 0 Å². The van der Waals surface area contributed by atoms with E-state index in [1.54, 1.807) is 0 Å². The lowest BCUT2D eigenvalue weighted by Gasteiger charge is -2.23. The van der Waals surface area contributed by atoms with Crippen LogP contribution in [0.25, 0.3) is 10.4 Å². The molecule has 0 bridgehead atoms. The van der Waals surface area contributed by atoms with Crippen molar-refractivity contribution in [2.24, 2.45) is 5.11 Å². The zero-order valence-corrected chi connectivity index (χ0v) is 11.8. The van der Waals surface area contributed by atoms with Gasteiger partial charge in [-0.2, -0.15) is 4.98 Å². The molecule has 0 aliphatic carbocycles. The number of nitrogens with zero attached hydrogens (tertiary/aromatic N) is 5. The Labute approximate surface area is 128 Å². The number of alkyl halides is 1. The number of aromatic nitrogens is 2. The fraction of sp³-hybridized carbons (Fsp3) is 0.636. The number of rotatable bonds is 6. The predicted octanol–water partition coefficient (Wildman–Crippen LogP) is -1.13. The third-order valence-electron chi connectivity index (χ3n) is 3.32. The Morgan fingerprint density at radius 2 is 2.35 bits per heavy atom. The molecule has 0 saturated carbocycles. The van der Waals surface area contributed by atoms with Crippen LogP contribution in [0.3, 0.4) is 0 Å². The van der Waals surface area contributed by atoms with E-state index >= 15 is 0 Å². The predicted molar refractivity (Wildman–Crippen MR) is 74.1 cm³/mol. The van der Waals surface area contributed by atoms with Crippen LogP contribution in [0.2, 0.25) is 0 Å². The fourth-order valence-electron chi connectivity index (χ4n) is 2.17. The van der Waals surface area contributed by atoms with Crippen molar-refractivity contribution in [3.05, 3.63) is 33.2 Å². The molecule has 0 radical (unpaired) electrons. The van der Waals surface area contributed by atoms with Gasteiger partial charge in [-0.05, 0) is 11.6 Å². The van der Waals surface area contributed by atoms with E-state index in [9.17, 15) is 19.4 Å². The second-order valence-corrected chi connectivity index (χ2v) is 4.74. The Balaban J connectivity index is 2.32. The Morgan fingerprint density at radius 3 is 2.91 bits per heavy atom. The maximum atomic E-state index is 14.3. The highest BCUT2D eigenvalue weighted by Gasteiger charge is 2.56. The van der Waals surface area contributed by atoms with E-state index in [1.807, 2.05) is 0 Å². The quantitative estimate of drug-likeness (QED) is 0.291. The van der Waals surface area contributed by atoms with Gasteiger partial charge in [-0.3, -0.25) is 4.57 Å². The average molecular weight is 330 g/mol. The van der Waals surface area contributed by atoms with Crippen molar-refractivity contribution in [3.8, 4) is 0 Å². The summed E-state index contributed by atoms with van der Waals surface area (Å²) in [6, 6.07) is 1.34. The molecule has 1 unspecified atom stereocenters. The van der Waals surface area contributed by atoms with Crippen LogP contribution in [0.4, 0.5) is 10.2 Å². The number of halogens is 1. The van der Waals surface area contributed by atoms with E-state index in [2.05, 4.69) is 20.3 Å². The smallest absolute Gasteiger partial charge is 0.351 e. The lowest BCUT2D eigenvalue weighted by molar-refractivity contribution is -0.124. The molecule has 0 aromatic carbocycles. The van der Waals surface area contributed by atoms with Crippen molar-refractivity contribution in [1.82, 2.24) is 9.55 Å².